The number of carbonyl (C=O) groups is 1. The van der Waals surface area contributed by atoms with Crippen LogP contribution in [0, 0.1) is 11.3 Å². The highest BCUT2D eigenvalue weighted by atomic mass is 35.5. The average Bonchev–Trinajstić information content (AvgIpc) is 2.83. The van der Waals surface area contributed by atoms with E-state index in [-0.39, 0.29) is 23.0 Å². The quantitative estimate of drug-likeness (QED) is 0.506. The van der Waals surface area contributed by atoms with Crippen LogP contribution in [0.25, 0.3) is 10.9 Å². The number of carbonyl (C=O) groups excluding carboxylic acids is 1. The van der Waals surface area contributed by atoms with Gasteiger partial charge in [-0.2, -0.15) is 5.26 Å². The van der Waals surface area contributed by atoms with Gasteiger partial charge in [0.1, 0.15) is 41.0 Å². The number of nitrogens with two attached hydrogens (primary N) is 1. The molecule has 12 nitrogen and oxygen atoms in total. The van der Waals surface area contributed by atoms with Gasteiger partial charge in [0.2, 0.25) is 0 Å². The first-order valence-electron chi connectivity index (χ1n) is 11.8. The Bertz CT molecular complexity index is 1420. The Hall–Kier alpha value is -4.11. The molecule has 1 aliphatic rings. The number of nitrogens with one attached hydrogen (secondary N) is 1. The van der Waals surface area contributed by atoms with Crippen LogP contribution in [-0.2, 0) is 11.2 Å². The summed E-state index contributed by atoms with van der Waals surface area (Å²) in [6.45, 7) is 7.34. The van der Waals surface area contributed by atoms with Gasteiger partial charge in [0, 0.05) is 26.1 Å². The minimum Gasteiger partial charge on any atom is -0.444 e. The van der Waals surface area contributed by atoms with Crippen molar-refractivity contribution in [2.24, 2.45) is 0 Å². The topological polar surface area (TPSA) is 155 Å². The van der Waals surface area contributed by atoms with Crippen molar-refractivity contribution in [1.29, 1.82) is 5.26 Å². The molecule has 3 N–H and O–H groups in total. The molecule has 1 saturated heterocycles. The molecule has 0 unspecified atom stereocenters. The summed E-state index contributed by atoms with van der Waals surface area (Å²) in [5, 5.41) is 15.0. The lowest BCUT2D eigenvalue weighted by atomic mass is 10.2. The van der Waals surface area contributed by atoms with E-state index >= 15 is 0 Å². The Balaban J connectivity index is 1.60. The molecule has 2 aromatic heterocycles. The number of aromatic nitrogens is 4. The zero-order chi connectivity index (χ0) is 26.7. The van der Waals surface area contributed by atoms with Gasteiger partial charge in [-0.15, -0.1) is 0 Å². The van der Waals surface area contributed by atoms with Gasteiger partial charge in [0.25, 0.3) is 5.56 Å². The molecule has 3 aromatic rings. The summed E-state index contributed by atoms with van der Waals surface area (Å²) in [6.07, 6.45) is 1.22. The number of benzene rings is 1. The molecule has 37 heavy (non-hydrogen) atoms. The van der Waals surface area contributed by atoms with Crippen LogP contribution in [0.3, 0.4) is 0 Å². The maximum absolute atomic E-state index is 13.6. The second-order valence-corrected chi connectivity index (χ2v) is 9.88. The normalized spacial score (nSPS) is 13.9. The van der Waals surface area contributed by atoms with Crippen LogP contribution in [0.2, 0.25) is 5.02 Å². The minimum atomic E-state index is -0.593. The zero-order valence-electron chi connectivity index (χ0n) is 20.9. The molecule has 0 radical (unpaired) electrons. The lowest BCUT2D eigenvalue weighted by Gasteiger charge is -2.37. The molecule has 1 amide bonds. The minimum absolute atomic E-state index is 0.0817. The van der Waals surface area contributed by atoms with Crippen molar-refractivity contribution in [3.8, 4) is 6.07 Å². The molecule has 1 aromatic carbocycles. The van der Waals surface area contributed by atoms with Crippen LogP contribution in [-0.4, -0.2) is 68.9 Å². The number of amides is 1. The number of nitrogen functional groups attached to an aromatic ring is 1. The Morgan fingerprint density at radius 2 is 1.97 bits per heavy atom. The van der Waals surface area contributed by atoms with E-state index in [4.69, 9.17) is 27.1 Å². The molecular weight excluding hydrogens is 498 g/mol. The van der Waals surface area contributed by atoms with Crippen LogP contribution in [0.15, 0.2) is 29.3 Å². The average molecular weight is 526 g/mol. The van der Waals surface area contributed by atoms with Crippen LogP contribution >= 0.6 is 11.6 Å². The third-order valence-electron chi connectivity index (χ3n) is 5.71. The lowest BCUT2D eigenvalue weighted by molar-refractivity contribution is 0.0231. The largest absolute Gasteiger partial charge is 0.444 e. The fourth-order valence-electron chi connectivity index (χ4n) is 4.02. The maximum atomic E-state index is 13.6. The van der Waals surface area contributed by atoms with Crippen LogP contribution < -0.4 is 21.6 Å². The van der Waals surface area contributed by atoms with Gasteiger partial charge >= 0.3 is 6.09 Å². The van der Waals surface area contributed by atoms with E-state index in [0.29, 0.717) is 66.7 Å². The predicted molar refractivity (Wildman–Crippen MR) is 140 cm³/mol. The number of hydrogen-bond acceptors (Lipinski definition) is 10. The fourth-order valence-corrected chi connectivity index (χ4v) is 4.27. The summed E-state index contributed by atoms with van der Waals surface area (Å²) in [5.41, 5.74) is 5.52. The van der Waals surface area contributed by atoms with E-state index in [9.17, 15) is 14.9 Å². The van der Waals surface area contributed by atoms with Crippen molar-refractivity contribution >= 4 is 40.2 Å². The number of piperazine rings is 1. The Morgan fingerprint density at radius 1 is 1.24 bits per heavy atom. The highest BCUT2D eigenvalue weighted by Crippen LogP contribution is 2.20. The van der Waals surface area contributed by atoms with Crippen LogP contribution in [0.5, 0.6) is 0 Å². The number of nitriles is 1. The number of nitrogens with zero attached hydrogens (tertiary/aromatic N) is 7. The number of ether oxygens (including phenoxy) is 1. The number of anilines is 2. The first-order chi connectivity index (χ1) is 17.6. The number of halogens is 1. The highest BCUT2D eigenvalue weighted by Gasteiger charge is 2.28. The second-order valence-electron chi connectivity index (χ2n) is 9.47. The van der Waals surface area contributed by atoms with Gasteiger partial charge in [-0.05, 0) is 32.9 Å². The van der Waals surface area contributed by atoms with Crippen molar-refractivity contribution in [1.82, 2.24) is 24.5 Å². The van der Waals surface area contributed by atoms with Crippen molar-refractivity contribution in [3.05, 3.63) is 51.3 Å². The third kappa shape index (κ3) is 5.67. The number of rotatable bonds is 5. The molecule has 0 atom stereocenters. The number of fused-ring (bicyclic) bond motifs is 1. The summed E-state index contributed by atoms with van der Waals surface area (Å²) in [5.74, 6) is 0.885. The third-order valence-corrected chi connectivity index (χ3v) is 6.03. The summed E-state index contributed by atoms with van der Waals surface area (Å²) in [6, 6.07) is 7.13. The molecule has 0 saturated carbocycles. The summed E-state index contributed by atoms with van der Waals surface area (Å²) >= 11 is 6.37. The standard InChI is InChI=1S/C24H28ClN9O3/c1-24(2,3)37-23(36)32-9-11-33(12-10-32)34-18(31-17-6-4-5-16(25)19(17)22(34)35)7-8-28-21-15(13-26)20(27)29-14-30-21/h4-6,14H,7-12H2,1-3H3,(H3,27,28,29,30). The van der Waals surface area contributed by atoms with Gasteiger partial charge in [0.05, 0.1) is 29.0 Å². The Kier molecular flexibility index (Phi) is 7.35. The van der Waals surface area contributed by atoms with Crippen LogP contribution in [0.4, 0.5) is 16.4 Å². The van der Waals surface area contributed by atoms with Gasteiger partial charge in [-0.3, -0.25) is 4.79 Å². The summed E-state index contributed by atoms with van der Waals surface area (Å²) in [7, 11) is 0. The van der Waals surface area contributed by atoms with Gasteiger partial charge in [-0.25, -0.2) is 24.4 Å². The van der Waals surface area contributed by atoms with Gasteiger partial charge < -0.3 is 25.7 Å². The first-order valence-corrected chi connectivity index (χ1v) is 12.1. The van der Waals surface area contributed by atoms with Gasteiger partial charge in [-0.1, -0.05) is 17.7 Å². The summed E-state index contributed by atoms with van der Waals surface area (Å²) in [4.78, 5) is 40.4. The second kappa shape index (κ2) is 10.5. The molecular formula is C24H28ClN9O3. The van der Waals surface area contributed by atoms with E-state index in [1.165, 1.54) is 11.0 Å². The van der Waals surface area contributed by atoms with Crippen LogP contribution in [0.1, 0.15) is 32.2 Å². The van der Waals surface area contributed by atoms with E-state index in [1.807, 2.05) is 31.8 Å². The first kappa shape index (κ1) is 26.0. The Morgan fingerprint density at radius 3 is 2.65 bits per heavy atom. The molecule has 0 spiro atoms. The molecule has 0 aliphatic carbocycles. The lowest BCUT2D eigenvalue weighted by Crippen LogP contribution is -2.56. The van der Waals surface area contributed by atoms with E-state index in [1.54, 1.807) is 23.1 Å². The zero-order valence-corrected chi connectivity index (χ0v) is 21.6. The monoisotopic (exact) mass is 525 g/mol. The Labute approximate surface area is 218 Å². The highest BCUT2D eigenvalue weighted by molar-refractivity contribution is 6.35. The van der Waals surface area contributed by atoms with E-state index < -0.39 is 5.60 Å². The molecule has 4 rings (SSSR count). The SMILES string of the molecule is CC(C)(C)OC(=O)N1CCN(n2c(CCNc3ncnc(N)c3C#N)nc3cccc(Cl)c3c2=O)CC1. The molecule has 194 valence electrons. The van der Waals surface area contributed by atoms with Crippen molar-refractivity contribution in [2.75, 3.05) is 48.8 Å². The molecule has 13 heteroatoms. The van der Waals surface area contributed by atoms with Crippen molar-refractivity contribution < 1.29 is 9.53 Å². The molecule has 1 aliphatic heterocycles. The van der Waals surface area contributed by atoms with Crippen molar-refractivity contribution in [3.63, 3.8) is 0 Å². The smallest absolute Gasteiger partial charge is 0.410 e. The number of hydrogen-bond donors (Lipinski definition) is 2. The van der Waals surface area contributed by atoms with E-state index in [2.05, 4.69) is 15.3 Å². The molecule has 1 fully saturated rings. The van der Waals surface area contributed by atoms with Gasteiger partial charge in [0.15, 0.2) is 0 Å². The summed E-state index contributed by atoms with van der Waals surface area (Å²) < 4.78 is 7.01. The molecule has 3 heterocycles. The maximum Gasteiger partial charge on any atom is 0.410 e. The molecule has 0 bridgehead atoms. The van der Waals surface area contributed by atoms with E-state index in [0.717, 1.165) is 0 Å². The van der Waals surface area contributed by atoms with Crippen molar-refractivity contribution in [2.45, 2.75) is 32.8 Å². The fraction of sp³-hybridized carbons (Fsp3) is 0.417. The predicted octanol–water partition coefficient (Wildman–Crippen LogP) is 2.14.